The second-order valence-corrected chi connectivity index (χ2v) is 7.99. The van der Waals surface area contributed by atoms with E-state index in [0.717, 1.165) is 22.0 Å². The number of aromatic nitrogens is 1. The van der Waals surface area contributed by atoms with Crippen molar-refractivity contribution in [1.82, 2.24) is 9.71 Å². The summed E-state index contributed by atoms with van der Waals surface area (Å²) >= 11 is 1.46. The average Bonchev–Trinajstić information content (AvgIpc) is 3.10. The SMILES string of the molecule is CNS(=O)(=O)c1ccc(CNc2nc(-c3ccc(F)cc3)cs2)cc1. The highest BCUT2D eigenvalue weighted by atomic mass is 32.2. The third-order valence-corrected chi connectivity index (χ3v) is 5.82. The summed E-state index contributed by atoms with van der Waals surface area (Å²) in [7, 11) is -2.04. The largest absolute Gasteiger partial charge is 0.357 e. The molecular formula is C17H16FN3O2S2. The number of nitrogens with zero attached hydrogens (tertiary/aromatic N) is 1. The summed E-state index contributed by atoms with van der Waals surface area (Å²) in [4.78, 5) is 4.70. The first kappa shape index (κ1) is 17.5. The van der Waals surface area contributed by atoms with Gasteiger partial charge in [0.2, 0.25) is 10.0 Å². The lowest BCUT2D eigenvalue weighted by molar-refractivity contribution is 0.588. The van der Waals surface area contributed by atoms with Gasteiger partial charge in [0.15, 0.2) is 5.13 Å². The van der Waals surface area contributed by atoms with E-state index in [1.165, 1.54) is 30.5 Å². The summed E-state index contributed by atoms with van der Waals surface area (Å²) < 4.78 is 38.6. The van der Waals surface area contributed by atoms with E-state index in [1.807, 2.05) is 5.38 Å². The third kappa shape index (κ3) is 4.22. The molecule has 3 rings (SSSR count). The third-order valence-electron chi connectivity index (χ3n) is 3.59. The Bertz CT molecular complexity index is 952. The zero-order chi connectivity index (χ0) is 17.9. The quantitative estimate of drug-likeness (QED) is 0.690. The van der Waals surface area contributed by atoms with Crippen LogP contribution in [-0.4, -0.2) is 20.4 Å². The molecule has 0 radical (unpaired) electrons. The van der Waals surface area contributed by atoms with Gasteiger partial charge in [0.25, 0.3) is 0 Å². The lowest BCUT2D eigenvalue weighted by atomic mass is 10.2. The first-order valence-electron chi connectivity index (χ1n) is 7.46. The molecule has 0 amide bonds. The smallest absolute Gasteiger partial charge is 0.240 e. The normalized spacial score (nSPS) is 11.4. The minimum atomic E-state index is -3.42. The summed E-state index contributed by atoms with van der Waals surface area (Å²) in [6.07, 6.45) is 0. The number of nitrogens with one attached hydrogen (secondary N) is 2. The van der Waals surface area contributed by atoms with Crippen LogP contribution in [0.5, 0.6) is 0 Å². The lowest BCUT2D eigenvalue weighted by Gasteiger charge is -2.05. The predicted molar refractivity (Wildman–Crippen MR) is 97.5 cm³/mol. The zero-order valence-electron chi connectivity index (χ0n) is 13.4. The second kappa shape index (κ2) is 7.30. The van der Waals surface area contributed by atoms with Gasteiger partial charge in [0.05, 0.1) is 10.6 Å². The van der Waals surface area contributed by atoms with Gasteiger partial charge in [-0.25, -0.2) is 22.5 Å². The average molecular weight is 377 g/mol. The number of thiazole rings is 1. The highest BCUT2D eigenvalue weighted by Gasteiger charge is 2.10. The van der Waals surface area contributed by atoms with Crippen molar-refractivity contribution in [3.8, 4) is 11.3 Å². The van der Waals surface area contributed by atoms with E-state index in [9.17, 15) is 12.8 Å². The van der Waals surface area contributed by atoms with Gasteiger partial charge in [-0.1, -0.05) is 12.1 Å². The van der Waals surface area contributed by atoms with Crippen molar-refractivity contribution < 1.29 is 12.8 Å². The Morgan fingerprint density at radius 3 is 2.40 bits per heavy atom. The zero-order valence-corrected chi connectivity index (χ0v) is 15.0. The van der Waals surface area contributed by atoms with E-state index in [1.54, 1.807) is 36.4 Å². The van der Waals surface area contributed by atoms with Crippen molar-refractivity contribution in [3.63, 3.8) is 0 Å². The fraction of sp³-hybridized carbons (Fsp3) is 0.118. The molecule has 0 fully saturated rings. The molecule has 2 N–H and O–H groups in total. The van der Waals surface area contributed by atoms with Crippen molar-refractivity contribution in [2.45, 2.75) is 11.4 Å². The van der Waals surface area contributed by atoms with Crippen LogP contribution in [-0.2, 0) is 16.6 Å². The molecule has 0 saturated carbocycles. The topological polar surface area (TPSA) is 71.1 Å². The minimum Gasteiger partial charge on any atom is -0.357 e. The Morgan fingerprint density at radius 1 is 1.08 bits per heavy atom. The van der Waals surface area contributed by atoms with Gasteiger partial charge in [0.1, 0.15) is 5.82 Å². The first-order chi connectivity index (χ1) is 12.0. The maximum absolute atomic E-state index is 13.0. The monoisotopic (exact) mass is 377 g/mol. The molecule has 1 aromatic heterocycles. The number of hydrogen-bond donors (Lipinski definition) is 2. The molecule has 3 aromatic rings. The van der Waals surface area contributed by atoms with E-state index in [4.69, 9.17) is 0 Å². The van der Waals surface area contributed by atoms with Crippen molar-refractivity contribution >= 4 is 26.5 Å². The van der Waals surface area contributed by atoms with Crippen molar-refractivity contribution in [2.24, 2.45) is 0 Å². The second-order valence-electron chi connectivity index (χ2n) is 5.25. The van der Waals surface area contributed by atoms with Gasteiger partial charge in [0, 0.05) is 17.5 Å². The van der Waals surface area contributed by atoms with E-state index < -0.39 is 10.0 Å². The van der Waals surface area contributed by atoms with Gasteiger partial charge >= 0.3 is 0 Å². The summed E-state index contributed by atoms with van der Waals surface area (Å²) in [5.41, 5.74) is 2.57. The molecule has 0 aliphatic rings. The molecule has 0 bridgehead atoms. The van der Waals surface area contributed by atoms with Crippen LogP contribution in [0.15, 0.2) is 58.8 Å². The molecule has 1 heterocycles. The standard InChI is InChI=1S/C17H16FN3O2S2/c1-19-25(22,23)15-8-2-12(3-9-15)10-20-17-21-16(11-24-17)13-4-6-14(18)7-5-13/h2-9,11,19H,10H2,1H3,(H,20,21). The fourth-order valence-corrected chi connectivity index (χ4v) is 3.64. The van der Waals surface area contributed by atoms with Crippen LogP contribution in [0.3, 0.4) is 0 Å². The Morgan fingerprint density at radius 2 is 1.76 bits per heavy atom. The number of benzene rings is 2. The molecule has 0 aliphatic heterocycles. The van der Waals surface area contributed by atoms with Crippen molar-refractivity contribution in [1.29, 1.82) is 0 Å². The Kier molecular flexibility index (Phi) is 5.12. The molecule has 2 aromatic carbocycles. The molecule has 0 unspecified atom stereocenters. The molecule has 25 heavy (non-hydrogen) atoms. The predicted octanol–water partition coefficient (Wildman–Crippen LogP) is 3.47. The van der Waals surface area contributed by atoms with Crippen LogP contribution < -0.4 is 10.0 Å². The van der Waals surface area contributed by atoms with Crippen LogP contribution in [0.2, 0.25) is 0 Å². The molecule has 0 aliphatic carbocycles. The summed E-state index contributed by atoms with van der Waals surface area (Å²) in [5, 5.41) is 5.85. The van der Waals surface area contributed by atoms with Gasteiger partial charge in [-0.15, -0.1) is 11.3 Å². The summed E-state index contributed by atoms with van der Waals surface area (Å²) in [6, 6.07) is 12.8. The Labute approximate surface area is 149 Å². The molecule has 0 atom stereocenters. The van der Waals surface area contributed by atoms with E-state index >= 15 is 0 Å². The number of rotatable bonds is 6. The van der Waals surface area contributed by atoms with Gasteiger partial charge < -0.3 is 5.32 Å². The highest BCUT2D eigenvalue weighted by Crippen LogP contribution is 2.25. The van der Waals surface area contributed by atoms with E-state index in [2.05, 4.69) is 15.0 Å². The Hall–Kier alpha value is -2.29. The lowest BCUT2D eigenvalue weighted by Crippen LogP contribution is -2.18. The number of halogens is 1. The Balaban J connectivity index is 1.65. The van der Waals surface area contributed by atoms with E-state index in [-0.39, 0.29) is 10.7 Å². The van der Waals surface area contributed by atoms with Crippen LogP contribution >= 0.6 is 11.3 Å². The molecule has 8 heteroatoms. The van der Waals surface area contributed by atoms with Crippen LogP contribution in [0, 0.1) is 5.82 Å². The molecule has 0 spiro atoms. The van der Waals surface area contributed by atoms with Crippen LogP contribution in [0.4, 0.5) is 9.52 Å². The highest BCUT2D eigenvalue weighted by molar-refractivity contribution is 7.89. The number of anilines is 1. The fourth-order valence-electron chi connectivity index (χ4n) is 2.19. The van der Waals surface area contributed by atoms with Gasteiger partial charge in [-0.3, -0.25) is 0 Å². The number of sulfonamides is 1. The van der Waals surface area contributed by atoms with E-state index in [0.29, 0.717) is 6.54 Å². The molecular weight excluding hydrogens is 361 g/mol. The molecule has 130 valence electrons. The number of hydrogen-bond acceptors (Lipinski definition) is 5. The van der Waals surface area contributed by atoms with Gasteiger partial charge in [-0.2, -0.15) is 0 Å². The molecule has 5 nitrogen and oxygen atoms in total. The molecule has 0 saturated heterocycles. The summed E-state index contributed by atoms with van der Waals surface area (Å²) in [6.45, 7) is 0.524. The maximum Gasteiger partial charge on any atom is 0.240 e. The van der Waals surface area contributed by atoms with Crippen molar-refractivity contribution in [3.05, 3.63) is 65.3 Å². The van der Waals surface area contributed by atoms with Gasteiger partial charge in [-0.05, 0) is 49.0 Å². The maximum atomic E-state index is 13.0. The van der Waals surface area contributed by atoms with Crippen molar-refractivity contribution in [2.75, 3.05) is 12.4 Å². The first-order valence-corrected chi connectivity index (χ1v) is 9.82. The van der Waals surface area contributed by atoms with Crippen LogP contribution in [0.1, 0.15) is 5.56 Å². The van der Waals surface area contributed by atoms with Crippen LogP contribution in [0.25, 0.3) is 11.3 Å². The minimum absolute atomic E-state index is 0.228. The summed E-state index contributed by atoms with van der Waals surface area (Å²) in [5.74, 6) is -0.277.